The number of urea groups is 1. The van der Waals surface area contributed by atoms with Gasteiger partial charge in [0.25, 0.3) is 5.91 Å². The predicted molar refractivity (Wildman–Crippen MR) is 110 cm³/mol. The number of hydrogen-bond acceptors (Lipinski definition) is 4. The summed E-state index contributed by atoms with van der Waals surface area (Å²) in [5.74, 6) is -0.430. The van der Waals surface area contributed by atoms with E-state index in [9.17, 15) is 14.4 Å². The maximum atomic E-state index is 13.2. The minimum Gasteiger partial charge on any atom is -0.423 e. The fraction of sp³-hybridized carbons (Fsp3) is 0.227. The molecule has 4 rings (SSSR count). The van der Waals surface area contributed by atoms with E-state index in [4.69, 9.17) is 16.0 Å². The van der Waals surface area contributed by atoms with Crippen molar-refractivity contribution in [3.05, 3.63) is 80.2 Å². The number of rotatable bonds is 3. The molecule has 1 fully saturated rings. The van der Waals surface area contributed by atoms with Crippen LogP contribution in [0, 0.1) is 13.8 Å². The van der Waals surface area contributed by atoms with Crippen molar-refractivity contribution in [1.82, 2.24) is 10.2 Å². The Hall–Kier alpha value is -3.12. The molecule has 0 spiro atoms. The monoisotopic (exact) mass is 410 g/mol. The van der Waals surface area contributed by atoms with Gasteiger partial charge in [0.05, 0.1) is 6.54 Å². The second kappa shape index (κ2) is 6.74. The quantitative estimate of drug-likeness (QED) is 0.522. The Morgan fingerprint density at radius 1 is 1.07 bits per heavy atom. The molecular weight excluding hydrogens is 392 g/mol. The highest BCUT2D eigenvalue weighted by Crippen LogP contribution is 2.34. The summed E-state index contributed by atoms with van der Waals surface area (Å²) in [5, 5.41) is 3.83. The van der Waals surface area contributed by atoms with Crippen LogP contribution in [0.2, 0.25) is 5.02 Å². The zero-order valence-electron chi connectivity index (χ0n) is 16.2. The van der Waals surface area contributed by atoms with E-state index in [1.807, 2.05) is 19.9 Å². The topological polar surface area (TPSA) is 79.6 Å². The van der Waals surface area contributed by atoms with Crippen LogP contribution in [0.4, 0.5) is 4.79 Å². The molecule has 1 N–H and O–H groups in total. The van der Waals surface area contributed by atoms with Crippen molar-refractivity contribution < 1.29 is 14.0 Å². The van der Waals surface area contributed by atoms with Crippen LogP contribution in [0.15, 0.2) is 51.7 Å². The first kappa shape index (κ1) is 19.2. The number of nitrogens with zero attached hydrogens (tertiary/aromatic N) is 1. The molecule has 2 heterocycles. The number of nitrogens with one attached hydrogen (secondary N) is 1. The molecule has 1 aliphatic heterocycles. The SMILES string of the molecule is Cc1cc2oc(=O)cc(CN3C(=O)N[C@](C)(c4ccccc4Cl)C3=O)c2cc1C. The molecule has 2 aromatic carbocycles. The molecule has 1 aliphatic rings. The first-order valence-corrected chi connectivity index (χ1v) is 9.51. The molecule has 0 bridgehead atoms. The number of aryl methyl sites for hydroxylation is 2. The summed E-state index contributed by atoms with van der Waals surface area (Å²) in [4.78, 5) is 39.0. The standard InChI is InChI=1S/C22H19ClN2O4/c1-12-8-15-14(10-19(26)29-18(15)9-13(12)2)11-25-20(27)22(3,24-21(25)28)16-6-4-5-7-17(16)23/h4-10H,11H2,1-3H3,(H,24,28)/t22-/m1/s1. The van der Waals surface area contributed by atoms with E-state index in [0.29, 0.717) is 27.1 Å². The van der Waals surface area contributed by atoms with Crippen LogP contribution >= 0.6 is 11.6 Å². The first-order chi connectivity index (χ1) is 13.7. The lowest BCUT2D eigenvalue weighted by Crippen LogP contribution is -2.41. The highest BCUT2D eigenvalue weighted by molar-refractivity contribution is 6.32. The Morgan fingerprint density at radius 3 is 2.48 bits per heavy atom. The van der Waals surface area contributed by atoms with Gasteiger partial charge in [0.1, 0.15) is 11.1 Å². The molecule has 0 aliphatic carbocycles. The van der Waals surface area contributed by atoms with Crippen LogP contribution in [0.25, 0.3) is 11.0 Å². The van der Waals surface area contributed by atoms with Gasteiger partial charge < -0.3 is 9.73 Å². The van der Waals surface area contributed by atoms with Crippen molar-refractivity contribution in [3.8, 4) is 0 Å². The van der Waals surface area contributed by atoms with E-state index < -0.39 is 23.1 Å². The molecule has 29 heavy (non-hydrogen) atoms. The molecular formula is C22H19ClN2O4. The summed E-state index contributed by atoms with van der Waals surface area (Å²) in [6.07, 6.45) is 0. The van der Waals surface area contributed by atoms with Crippen LogP contribution in [-0.4, -0.2) is 16.8 Å². The van der Waals surface area contributed by atoms with Crippen molar-refractivity contribution in [2.75, 3.05) is 0 Å². The van der Waals surface area contributed by atoms with Gasteiger partial charge in [-0.05, 0) is 55.7 Å². The maximum absolute atomic E-state index is 13.2. The van der Waals surface area contributed by atoms with Gasteiger partial charge in [-0.3, -0.25) is 9.69 Å². The van der Waals surface area contributed by atoms with Crippen LogP contribution in [0.5, 0.6) is 0 Å². The molecule has 0 radical (unpaired) electrons. The molecule has 1 aromatic heterocycles. The van der Waals surface area contributed by atoms with Crippen LogP contribution in [-0.2, 0) is 16.9 Å². The number of imide groups is 1. The zero-order chi connectivity index (χ0) is 20.9. The molecule has 3 amide bonds. The second-order valence-electron chi connectivity index (χ2n) is 7.45. The summed E-state index contributed by atoms with van der Waals surface area (Å²) < 4.78 is 5.31. The molecule has 1 atom stereocenters. The molecule has 0 unspecified atom stereocenters. The minimum absolute atomic E-state index is 0.0463. The van der Waals surface area contributed by atoms with Gasteiger partial charge >= 0.3 is 11.7 Å². The van der Waals surface area contributed by atoms with Crippen LogP contribution < -0.4 is 10.9 Å². The van der Waals surface area contributed by atoms with Gasteiger partial charge in [0.2, 0.25) is 0 Å². The first-order valence-electron chi connectivity index (χ1n) is 9.14. The van der Waals surface area contributed by atoms with Crippen molar-refractivity contribution >= 4 is 34.5 Å². The molecule has 0 saturated carbocycles. The van der Waals surface area contributed by atoms with Crippen molar-refractivity contribution in [2.24, 2.45) is 0 Å². The molecule has 6 nitrogen and oxygen atoms in total. The molecule has 148 valence electrons. The van der Waals surface area contributed by atoms with E-state index in [1.165, 1.54) is 6.07 Å². The average molecular weight is 411 g/mol. The largest absolute Gasteiger partial charge is 0.423 e. The van der Waals surface area contributed by atoms with E-state index >= 15 is 0 Å². The number of amides is 3. The Morgan fingerprint density at radius 2 is 1.76 bits per heavy atom. The third kappa shape index (κ3) is 3.09. The fourth-order valence-electron chi connectivity index (χ4n) is 3.67. The molecule has 7 heteroatoms. The minimum atomic E-state index is -1.28. The molecule has 3 aromatic rings. The van der Waals surface area contributed by atoms with Crippen molar-refractivity contribution in [2.45, 2.75) is 32.9 Å². The third-order valence-electron chi connectivity index (χ3n) is 5.46. The summed E-state index contributed by atoms with van der Waals surface area (Å²) in [5.41, 5.74) is 1.69. The number of fused-ring (bicyclic) bond motifs is 1. The summed E-state index contributed by atoms with van der Waals surface area (Å²) in [7, 11) is 0. The third-order valence-corrected chi connectivity index (χ3v) is 5.79. The fourth-order valence-corrected chi connectivity index (χ4v) is 4.00. The number of carbonyl (C=O) groups is 2. The lowest BCUT2D eigenvalue weighted by Gasteiger charge is -2.23. The molecule has 1 saturated heterocycles. The highest BCUT2D eigenvalue weighted by Gasteiger charge is 2.49. The normalized spacial score (nSPS) is 19.1. The van der Waals surface area contributed by atoms with Crippen molar-refractivity contribution in [1.29, 1.82) is 0 Å². The Kier molecular flexibility index (Phi) is 4.46. The van der Waals surface area contributed by atoms with Gasteiger partial charge in [-0.2, -0.15) is 0 Å². The number of carbonyl (C=O) groups excluding carboxylic acids is 2. The van der Waals surface area contributed by atoms with Crippen LogP contribution in [0.1, 0.15) is 29.2 Å². The van der Waals surface area contributed by atoms with E-state index in [1.54, 1.807) is 37.3 Å². The lowest BCUT2D eigenvalue weighted by atomic mass is 9.92. The average Bonchev–Trinajstić information content (AvgIpc) is 2.87. The van der Waals surface area contributed by atoms with Gasteiger partial charge in [-0.25, -0.2) is 9.59 Å². The van der Waals surface area contributed by atoms with Crippen molar-refractivity contribution in [3.63, 3.8) is 0 Å². The van der Waals surface area contributed by atoms with Gasteiger partial charge in [0, 0.05) is 22.0 Å². The van der Waals surface area contributed by atoms with Crippen LogP contribution in [0.3, 0.4) is 0 Å². The Labute approximate surface area is 172 Å². The smallest absolute Gasteiger partial charge is 0.336 e. The highest BCUT2D eigenvalue weighted by atomic mass is 35.5. The zero-order valence-corrected chi connectivity index (χ0v) is 17.0. The van der Waals surface area contributed by atoms with Gasteiger partial charge in [-0.15, -0.1) is 0 Å². The number of halogens is 1. The Bertz CT molecular complexity index is 1230. The van der Waals surface area contributed by atoms with E-state index in [-0.39, 0.29) is 6.54 Å². The summed E-state index contributed by atoms with van der Waals surface area (Å²) >= 11 is 6.27. The second-order valence-corrected chi connectivity index (χ2v) is 7.86. The van der Waals surface area contributed by atoms with E-state index in [2.05, 4.69) is 5.32 Å². The number of hydrogen-bond donors (Lipinski definition) is 1. The van der Waals surface area contributed by atoms with Gasteiger partial charge in [0.15, 0.2) is 0 Å². The number of benzene rings is 2. The van der Waals surface area contributed by atoms with E-state index in [0.717, 1.165) is 16.0 Å². The summed E-state index contributed by atoms with van der Waals surface area (Å²) in [6, 6.07) is 11.4. The maximum Gasteiger partial charge on any atom is 0.336 e. The lowest BCUT2D eigenvalue weighted by molar-refractivity contribution is -0.131. The predicted octanol–water partition coefficient (Wildman–Crippen LogP) is 4.03. The Balaban J connectivity index is 1.77. The summed E-state index contributed by atoms with van der Waals surface area (Å²) in [6.45, 7) is 5.45. The van der Waals surface area contributed by atoms with Gasteiger partial charge in [-0.1, -0.05) is 29.8 Å².